The first kappa shape index (κ1) is 18.9. The Balaban J connectivity index is 3.58. The number of nitriles is 1. The second-order valence-electron chi connectivity index (χ2n) is 4.03. The number of alkyl halides is 10. The van der Waals surface area contributed by atoms with E-state index in [1.807, 2.05) is 0 Å². The highest BCUT2D eigenvalue weighted by molar-refractivity contribution is 5.22. The van der Waals surface area contributed by atoms with E-state index in [0.717, 1.165) is 6.07 Å². The van der Waals surface area contributed by atoms with Crippen LogP contribution in [0.3, 0.4) is 0 Å². The van der Waals surface area contributed by atoms with Crippen LogP contribution in [0.4, 0.5) is 43.9 Å². The van der Waals surface area contributed by atoms with Gasteiger partial charge in [0, 0.05) is 0 Å². The summed E-state index contributed by atoms with van der Waals surface area (Å²) in [5.41, 5.74) is -4.67. The highest BCUT2D eigenvalue weighted by Crippen LogP contribution is 2.51. The summed E-state index contributed by atoms with van der Waals surface area (Å²) in [5.74, 6) is -14.0. The topological polar surface area (TPSA) is 49.6 Å². The highest BCUT2D eigenvalue weighted by atomic mass is 19.4. The molecule has 1 heterocycles. The van der Waals surface area contributed by atoms with Crippen molar-refractivity contribution in [3.63, 3.8) is 0 Å². The third-order valence-electron chi connectivity index (χ3n) is 2.37. The molecule has 0 aliphatic carbocycles. The van der Waals surface area contributed by atoms with E-state index in [4.69, 9.17) is 5.26 Å². The molecule has 0 radical (unpaired) electrons. The van der Waals surface area contributed by atoms with E-state index in [2.05, 4.69) is 9.97 Å². The van der Waals surface area contributed by atoms with Gasteiger partial charge in [-0.05, 0) is 6.07 Å². The molecule has 3 nitrogen and oxygen atoms in total. The van der Waals surface area contributed by atoms with Gasteiger partial charge in [-0.1, -0.05) is 0 Å². The number of hydrogen-bond donors (Lipinski definition) is 0. The molecule has 128 valence electrons. The Kier molecular flexibility index (Phi) is 4.52. The Hall–Kier alpha value is -2.13. The van der Waals surface area contributed by atoms with Crippen LogP contribution in [0, 0.1) is 11.3 Å². The van der Waals surface area contributed by atoms with Crippen LogP contribution in [0.5, 0.6) is 0 Å². The van der Waals surface area contributed by atoms with Gasteiger partial charge in [0.1, 0.15) is 17.2 Å². The molecule has 0 aliphatic rings. The summed E-state index contributed by atoms with van der Waals surface area (Å²) in [4.78, 5) is 5.16. The lowest BCUT2D eigenvalue weighted by molar-refractivity contribution is -0.360. The summed E-state index contributed by atoms with van der Waals surface area (Å²) in [7, 11) is 0. The smallest absolute Gasteiger partial charge is 0.230 e. The van der Waals surface area contributed by atoms with E-state index >= 15 is 0 Å². The van der Waals surface area contributed by atoms with E-state index in [9.17, 15) is 43.9 Å². The van der Waals surface area contributed by atoms with Gasteiger partial charge in [-0.25, -0.2) is 9.97 Å². The Morgan fingerprint density at radius 2 is 1.35 bits per heavy atom. The third kappa shape index (κ3) is 3.45. The van der Waals surface area contributed by atoms with Gasteiger partial charge in [0.15, 0.2) is 0 Å². The zero-order valence-corrected chi connectivity index (χ0v) is 10.4. The predicted octanol–water partition coefficient (Wildman–Crippen LogP) is 3.85. The number of rotatable bonds is 3. The first-order chi connectivity index (χ1) is 10.1. The molecule has 0 unspecified atom stereocenters. The van der Waals surface area contributed by atoms with Gasteiger partial charge < -0.3 is 0 Å². The third-order valence-corrected chi connectivity index (χ3v) is 2.37. The molecule has 0 atom stereocenters. The molecule has 0 aliphatic heterocycles. The van der Waals surface area contributed by atoms with Crippen molar-refractivity contribution in [3.05, 3.63) is 23.3 Å². The van der Waals surface area contributed by atoms with E-state index in [1.165, 1.54) is 0 Å². The largest absolute Gasteiger partial charge is 0.460 e. The van der Waals surface area contributed by atoms with Crippen molar-refractivity contribution in [1.29, 1.82) is 5.26 Å². The van der Waals surface area contributed by atoms with Crippen molar-refractivity contribution in [2.24, 2.45) is 0 Å². The molecule has 13 heteroatoms. The molecule has 1 rings (SSSR count). The second-order valence-corrected chi connectivity index (χ2v) is 4.03. The molecule has 0 spiro atoms. The molecular weight excluding hydrogens is 352 g/mol. The van der Waals surface area contributed by atoms with Crippen molar-refractivity contribution in [2.75, 3.05) is 0 Å². The van der Waals surface area contributed by atoms with E-state index in [-0.39, 0.29) is 0 Å². The zero-order chi connectivity index (χ0) is 18.3. The molecular formula is C10H3F10N3. The monoisotopic (exact) mass is 355 g/mol. The number of hydrogen-bond acceptors (Lipinski definition) is 3. The zero-order valence-electron chi connectivity index (χ0n) is 10.4. The molecule has 0 amide bonds. The molecule has 0 bridgehead atoms. The lowest BCUT2D eigenvalue weighted by atomic mass is 10.1. The average Bonchev–Trinajstić information content (AvgIpc) is 2.36. The fourth-order valence-electron chi connectivity index (χ4n) is 1.29. The normalized spacial score (nSPS) is 13.8. The van der Waals surface area contributed by atoms with E-state index in [0.29, 0.717) is 0 Å². The molecule has 1 aromatic rings. The van der Waals surface area contributed by atoms with Crippen LogP contribution in [0.1, 0.15) is 17.2 Å². The molecule has 0 fully saturated rings. The van der Waals surface area contributed by atoms with E-state index < -0.39 is 53.9 Å². The van der Waals surface area contributed by atoms with Gasteiger partial charge in [0.2, 0.25) is 0 Å². The summed E-state index contributed by atoms with van der Waals surface area (Å²) in [6.45, 7) is 0. The van der Waals surface area contributed by atoms with Crippen LogP contribution in [0.25, 0.3) is 0 Å². The predicted molar refractivity (Wildman–Crippen MR) is 51.2 cm³/mol. The maximum absolute atomic E-state index is 13.4. The first-order valence-electron chi connectivity index (χ1n) is 5.29. The minimum absolute atomic E-state index is 0.722. The van der Waals surface area contributed by atoms with Crippen LogP contribution in [-0.4, -0.2) is 22.1 Å². The van der Waals surface area contributed by atoms with Gasteiger partial charge in [-0.2, -0.15) is 49.2 Å². The first-order valence-corrected chi connectivity index (χ1v) is 5.29. The lowest BCUT2D eigenvalue weighted by Crippen LogP contribution is -2.50. The summed E-state index contributed by atoms with van der Waals surface area (Å²) in [5, 5.41) is 8.27. The Labute approximate surface area is 120 Å². The summed E-state index contributed by atoms with van der Waals surface area (Å²) < 4.78 is 126. The van der Waals surface area contributed by atoms with Gasteiger partial charge in [-0.15, -0.1) is 0 Å². The van der Waals surface area contributed by atoms with Crippen LogP contribution >= 0.6 is 0 Å². The fraction of sp³-hybridized carbons (Fsp3) is 0.500. The highest BCUT2D eigenvalue weighted by Gasteiger charge is 2.74. The number of halogens is 10. The average molecular weight is 355 g/mol. The van der Waals surface area contributed by atoms with Crippen molar-refractivity contribution in [2.45, 2.75) is 30.6 Å². The van der Waals surface area contributed by atoms with Crippen LogP contribution in [0.2, 0.25) is 0 Å². The maximum Gasteiger partial charge on any atom is 0.460 e. The molecule has 1 aromatic heterocycles. The number of aromatic nitrogens is 2. The molecule has 0 N–H and O–H groups in total. The van der Waals surface area contributed by atoms with Crippen LogP contribution < -0.4 is 0 Å². The Bertz CT molecular complexity index is 625. The van der Waals surface area contributed by atoms with Gasteiger partial charge >= 0.3 is 24.2 Å². The van der Waals surface area contributed by atoms with Gasteiger partial charge in [0.25, 0.3) is 0 Å². The quantitative estimate of drug-likeness (QED) is 0.774. The minimum Gasteiger partial charge on any atom is -0.230 e. The minimum atomic E-state index is -6.74. The Morgan fingerprint density at radius 3 is 1.74 bits per heavy atom. The van der Waals surface area contributed by atoms with Crippen molar-refractivity contribution < 1.29 is 43.9 Å². The van der Waals surface area contributed by atoms with Crippen LogP contribution in [0.15, 0.2) is 6.07 Å². The summed E-state index contributed by atoms with van der Waals surface area (Å²) >= 11 is 0. The lowest BCUT2D eigenvalue weighted by Gasteiger charge is -2.28. The van der Waals surface area contributed by atoms with Gasteiger partial charge in [-0.3, -0.25) is 0 Å². The van der Waals surface area contributed by atoms with E-state index in [1.54, 1.807) is 0 Å². The molecule has 0 aromatic carbocycles. The van der Waals surface area contributed by atoms with Gasteiger partial charge in [0.05, 0.1) is 12.5 Å². The molecule has 0 saturated carbocycles. The summed E-state index contributed by atoms with van der Waals surface area (Å²) in [6, 6.07) is 0.442. The number of nitrogens with zero attached hydrogens (tertiary/aromatic N) is 3. The van der Waals surface area contributed by atoms with Crippen molar-refractivity contribution in [1.82, 2.24) is 9.97 Å². The summed E-state index contributed by atoms with van der Waals surface area (Å²) in [6.07, 6.45) is -13.3. The molecule has 0 saturated heterocycles. The standard InChI is InChI=1S/C10H3F10N3/c11-7(12,9(16,17)10(18,19)20)4-3-5(8(13,14)15)23-6(22-4)1-2-21/h3H,1H2. The Morgan fingerprint density at radius 1 is 0.870 bits per heavy atom. The van der Waals surface area contributed by atoms with Crippen molar-refractivity contribution >= 4 is 0 Å². The fourth-order valence-corrected chi connectivity index (χ4v) is 1.29. The maximum atomic E-state index is 13.4. The van der Waals surface area contributed by atoms with Crippen LogP contribution in [-0.2, 0) is 18.5 Å². The second kappa shape index (κ2) is 5.50. The van der Waals surface area contributed by atoms with Crippen molar-refractivity contribution in [3.8, 4) is 6.07 Å². The SMILES string of the molecule is N#CCc1nc(C(F)(F)F)cc(C(F)(F)C(F)(F)C(F)(F)F)n1. The molecule has 23 heavy (non-hydrogen) atoms.